The standard InChI is InChI=1S/C16H23N3O2/c1-10(2)7-13(17)16(21)19-9-12-6-4-3-5-11(12)8-14(19)15(18)20/h3-6,10,13-14H,7-9,17H2,1-2H3,(H2,18,20)/t13?,14-/m0/s1. The summed E-state index contributed by atoms with van der Waals surface area (Å²) in [5.41, 5.74) is 13.6. The van der Waals surface area contributed by atoms with Crippen LogP contribution in [0.4, 0.5) is 0 Å². The lowest BCUT2D eigenvalue weighted by molar-refractivity contribution is -0.142. The van der Waals surface area contributed by atoms with E-state index in [-0.39, 0.29) is 5.91 Å². The quantitative estimate of drug-likeness (QED) is 0.859. The number of fused-ring (bicyclic) bond motifs is 1. The minimum Gasteiger partial charge on any atom is -0.368 e. The molecular weight excluding hydrogens is 266 g/mol. The van der Waals surface area contributed by atoms with E-state index in [4.69, 9.17) is 11.5 Å². The molecule has 2 atom stereocenters. The summed E-state index contributed by atoms with van der Waals surface area (Å²) in [7, 11) is 0. The Labute approximate surface area is 125 Å². The van der Waals surface area contributed by atoms with Gasteiger partial charge < -0.3 is 16.4 Å². The van der Waals surface area contributed by atoms with Crippen molar-refractivity contribution in [3.05, 3.63) is 35.4 Å². The van der Waals surface area contributed by atoms with Gasteiger partial charge in [-0.25, -0.2) is 0 Å². The molecule has 0 spiro atoms. The van der Waals surface area contributed by atoms with Gasteiger partial charge in [-0.2, -0.15) is 0 Å². The fourth-order valence-corrected chi connectivity index (χ4v) is 2.83. The van der Waals surface area contributed by atoms with Crippen molar-refractivity contribution < 1.29 is 9.59 Å². The van der Waals surface area contributed by atoms with Crippen molar-refractivity contribution in [2.45, 2.75) is 45.3 Å². The zero-order valence-electron chi connectivity index (χ0n) is 12.6. The molecule has 1 aliphatic rings. The van der Waals surface area contributed by atoms with Gasteiger partial charge in [-0.15, -0.1) is 0 Å². The van der Waals surface area contributed by atoms with Crippen molar-refractivity contribution in [1.29, 1.82) is 0 Å². The highest BCUT2D eigenvalue weighted by atomic mass is 16.2. The average Bonchev–Trinajstić information content (AvgIpc) is 2.44. The molecule has 1 aromatic carbocycles. The monoisotopic (exact) mass is 289 g/mol. The van der Waals surface area contributed by atoms with E-state index in [0.29, 0.717) is 25.3 Å². The Bertz CT molecular complexity index is 542. The largest absolute Gasteiger partial charge is 0.368 e. The van der Waals surface area contributed by atoms with Gasteiger partial charge in [0, 0.05) is 13.0 Å². The molecule has 1 heterocycles. The number of hydrogen-bond donors (Lipinski definition) is 2. The lowest BCUT2D eigenvalue weighted by Crippen LogP contribution is -2.55. The third-order valence-corrected chi connectivity index (χ3v) is 3.90. The van der Waals surface area contributed by atoms with E-state index in [1.54, 1.807) is 0 Å². The normalized spacial score (nSPS) is 19.2. The maximum Gasteiger partial charge on any atom is 0.240 e. The van der Waals surface area contributed by atoms with E-state index in [9.17, 15) is 9.59 Å². The highest BCUT2D eigenvalue weighted by Gasteiger charge is 2.35. The lowest BCUT2D eigenvalue weighted by atomic mass is 9.92. The fourth-order valence-electron chi connectivity index (χ4n) is 2.83. The molecule has 0 saturated heterocycles. The molecule has 0 radical (unpaired) electrons. The molecular formula is C16H23N3O2. The van der Waals surface area contributed by atoms with Crippen LogP contribution < -0.4 is 11.5 Å². The van der Waals surface area contributed by atoms with Crippen LogP contribution in [0.25, 0.3) is 0 Å². The van der Waals surface area contributed by atoms with Gasteiger partial charge in [-0.3, -0.25) is 9.59 Å². The van der Waals surface area contributed by atoms with Gasteiger partial charge in [-0.1, -0.05) is 38.1 Å². The molecule has 0 aromatic heterocycles. The molecule has 5 nitrogen and oxygen atoms in total. The maximum atomic E-state index is 12.6. The first-order chi connectivity index (χ1) is 9.90. The van der Waals surface area contributed by atoms with Crippen LogP contribution >= 0.6 is 0 Å². The van der Waals surface area contributed by atoms with Crippen molar-refractivity contribution in [2.75, 3.05) is 0 Å². The molecule has 0 bridgehead atoms. The van der Waals surface area contributed by atoms with E-state index in [0.717, 1.165) is 11.1 Å². The van der Waals surface area contributed by atoms with Crippen molar-refractivity contribution in [3.8, 4) is 0 Å². The Kier molecular flexibility index (Phi) is 4.63. The van der Waals surface area contributed by atoms with Crippen molar-refractivity contribution in [2.24, 2.45) is 17.4 Å². The number of carbonyl (C=O) groups excluding carboxylic acids is 2. The summed E-state index contributed by atoms with van der Waals surface area (Å²) >= 11 is 0. The highest BCUT2D eigenvalue weighted by molar-refractivity contribution is 5.89. The van der Waals surface area contributed by atoms with E-state index in [1.165, 1.54) is 4.90 Å². The zero-order chi connectivity index (χ0) is 15.6. The Morgan fingerprint density at radius 3 is 2.48 bits per heavy atom. The number of benzene rings is 1. The second-order valence-electron chi connectivity index (χ2n) is 6.09. The molecule has 0 saturated carbocycles. The van der Waals surface area contributed by atoms with E-state index in [1.807, 2.05) is 38.1 Å². The molecule has 114 valence electrons. The van der Waals surface area contributed by atoms with Crippen LogP contribution in [0.15, 0.2) is 24.3 Å². The van der Waals surface area contributed by atoms with Gasteiger partial charge >= 0.3 is 0 Å². The first kappa shape index (κ1) is 15.5. The van der Waals surface area contributed by atoms with Crippen LogP contribution in [0.5, 0.6) is 0 Å². The summed E-state index contributed by atoms with van der Waals surface area (Å²) in [6.07, 6.45) is 1.06. The highest BCUT2D eigenvalue weighted by Crippen LogP contribution is 2.24. The van der Waals surface area contributed by atoms with E-state index in [2.05, 4.69) is 0 Å². The summed E-state index contributed by atoms with van der Waals surface area (Å²) < 4.78 is 0. The third-order valence-electron chi connectivity index (χ3n) is 3.90. The second kappa shape index (κ2) is 6.26. The number of amides is 2. The maximum absolute atomic E-state index is 12.6. The van der Waals surface area contributed by atoms with E-state index >= 15 is 0 Å². The molecule has 2 amide bonds. The predicted octanol–water partition coefficient (Wildman–Crippen LogP) is 0.799. The molecule has 1 unspecified atom stereocenters. The molecule has 1 aromatic rings. The third kappa shape index (κ3) is 3.42. The minimum atomic E-state index is -0.606. The van der Waals surface area contributed by atoms with Crippen LogP contribution in [0, 0.1) is 5.92 Å². The smallest absolute Gasteiger partial charge is 0.240 e. The number of nitrogens with two attached hydrogens (primary N) is 2. The molecule has 0 fully saturated rings. The predicted molar refractivity (Wildman–Crippen MR) is 81.1 cm³/mol. The number of primary amides is 1. The van der Waals surface area contributed by atoms with Gasteiger partial charge in [-0.05, 0) is 23.5 Å². The zero-order valence-corrected chi connectivity index (χ0v) is 12.6. The molecule has 2 rings (SSSR count). The first-order valence-corrected chi connectivity index (χ1v) is 7.32. The molecule has 4 N–H and O–H groups in total. The number of hydrogen-bond acceptors (Lipinski definition) is 3. The van der Waals surface area contributed by atoms with Gasteiger partial charge in [0.2, 0.25) is 11.8 Å². The Morgan fingerprint density at radius 2 is 1.90 bits per heavy atom. The second-order valence-corrected chi connectivity index (χ2v) is 6.09. The van der Waals surface area contributed by atoms with Crippen LogP contribution in [0.2, 0.25) is 0 Å². The van der Waals surface area contributed by atoms with Gasteiger partial charge in [0.15, 0.2) is 0 Å². The van der Waals surface area contributed by atoms with Gasteiger partial charge in [0.25, 0.3) is 0 Å². The van der Waals surface area contributed by atoms with Gasteiger partial charge in [0.05, 0.1) is 6.04 Å². The Hall–Kier alpha value is -1.88. The molecule has 5 heteroatoms. The summed E-state index contributed by atoms with van der Waals surface area (Å²) in [5.74, 6) is -0.343. The molecule has 0 aliphatic carbocycles. The van der Waals surface area contributed by atoms with Crippen LogP contribution in [-0.2, 0) is 22.6 Å². The summed E-state index contributed by atoms with van der Waals surface area (Å²) in [4.78, 5) is 25.8. The van der Waals surface area contributed by atoms with E-state index < -0.39 is 18.0 Å². The minimum absolute atomic E-state index is 0.193. The summed E-state index contributed by atoms with van der Waals surface area (Å²) in [5, 5.41) is 0. The van der Waals surface area contributed by atoms with Crippen molar-refractivity contribution in [1.82, 2.24) is 4.90 Å². The van der Waals surface area contributed by atoms with Crippen LogP contribution in [0.1, 0.15) is 31.4 Å². The Morgan fingerprint density at radius 1 is 1.29 bits per heavy atom. The van der Waals surface area contributed by atoms with Crippen LogP contribution in [-0.4, -0.2) is 28.8 Å². The first-order valence-electron chi connectivity index (χ1n) is 7.32. The summed E-state index contributed by atoms with van der Waals surface area (Å²) in [6.45, 7) is 4.43. The van der Waals surface area contributed by atoms with Crippen molar-refractivity contribution >= 4 is 11.8 Å². The number of nitrogens with zero attached hydrogens (tertiary/aromatic N) is 1. The van der Waals surface area contributed by atoms with Crippen molar-refractivity contribution in [3.63, 3.8) is 0 Å². The number of carbonyl (C=O) groups is 2. The topological polar surface area (TPSA) is 89.4 Å². The average molecular weight is 289 g/mol. The summed E-state index contributed by atoms with van der Waals surface area (Å²) in [6, 6.07) is 6.61. The van der Waals surface area contributed by atoms with Gasteiger partial charge in [0.1, 0.15) is 6.04 Å². The fraction of sp³-hybridized carbons (Fsp3) is 0.500. The molecule has 1 aliphatic heterocycles. The number of rotatable bonds is 4. The SMILES string of the molecule is CC(C)CC(N)C(=O)N1Cc2ccccc2C[C@H]1C(N)=O. The Balaban J connectivity index is 2.24. The molecule has 21 heavy (non-hydrogen) atoms. The van der Waals surface area contributed by atoms with Crippen LogP contribution in [0.3, 0.4) is 0 Å². The lowest BCUT2D eigenvalue weighted by Gasteiger charge is -2.36.